The number of hydrogen-bond donors (Lipinski definition) is 1. The van der Waals surface area contributed by atoms with Crippen molar-refractivity contribution in [2.75, 3.05) is 7.11 Å². The number of benzene rings is 1. The summed E-state index contributed by atoms with van der Waals surface area (Å²) in [7, 11) is 1.62. The lowest BCUT2D eigenvalue weighted by Crippen LogP contribution is -2.25. The molecule has 0 aliphatic rings. The van der Waals surface area contributed by atoms with Crippen LogP contribution in [0.15, 0.2) is 34.8 Å². The summed E-state index contributed by atoms with van der Waals surface area (Å²) in [6.45, 7) is 1.93. The molecule has 0 bridgehead atoms. The molecular weight excluding hydrogens is 362 g/mol. The van der Waals surface area contributed by atoms with Crippen LogP contribution in [0.4, 0.5) is 0 Å². The Morgan fingerprint density at radius 3 is 2.70 bits per heavy atom. The third-order valence-electron chi connectivity index (χ3n) is 2.82. The zero-order valence-corrected chi connectivity index (χ0v) is 14.1. The van der Waals surface area contributed by atoms with Gasteiger partial charge in [-0.2, -0.15) is 0 Å². The summed E-state index contributed by atoms with van der Waals surface area (Å²) >= 11 is 10.5. The highest BCUT2D eigenvalue weighted by Crippen LogP contribution is 2.28. The lowest BCUT2D eigenvalue weighted by molar-refractivity contribution is 0.0944. The van der Waals surface area contributed by atoms with E-state index in [1.54, 1.807) is 19.2 Å². The van der Waals surface area contributed by atoms with E-state index in [4.69, 9.17) is 16.3 Å². The summed E-state index contributed by atoms with van der Waals surface area (Å²) in [4.78, 5) is 12.7. The number of nitrogens with one attached hydrogen (secondary N) is 1. The number of thiophene rings is 1. The van der Waals surface area contributed by atoms with Crippen molar-refractivity contribution in [3.63, 3.8) is 0 Å². The highest BCUT2D eigenvalue weighted by atomic mass is 79.9. The molecule has 1 atom stereocenters. The van der Waals surface area contributed by atoms with E-state index in [2.05, 4.69) is 21.2 Å². The van der Waals surface area contributed by atoms with Crippen LogP contribution in [-0.2, 0) is 0 Å². The van der Waals surface area contributed by atoms with Gasteiger partial charge in [0, 0.05) is 0 Å². The van der Waals surface area contributed by atoms with E-state index in [9.17, 15) is 4.79 Å². The topological polar surface area (TPSA) is 38.3 Å². The van der Waals surface area contributed by atoms with E-state index in [1.165, 1.54) is 11.3 Å². The fourth-order valence-corrected chi connectivity index (χ4v) is 3.24. The lowest BCUT2D eigenvalue weighted by Gasteiger charge is -2.15. The van der Waals surface area contributed by atoms with Gasteiger partial charge in [0.2, 0.25) is 0 Å². The minimum absolute atomic E-state index is 0.106. The SMILES string of the molecule is COc1ccc([C@H](C)NC(=O)c2ccc(Cl)s2)cc1Br. The maximum Gasteiger partial charge on any atom is 0.261 e. The summed E-state index contributed by atoms with van der Waals surface area (Å²) in [5.41, 5.74) is 0.994. The van der Waals surface area contributed by atoms with Crippen molar-refractivity contribution >= 4 is 44.8 Å². The molecule has 0 aliphatic heterocycles. The van der Waals surface area contributed by atoms with Gasteiger partial charge < -0.3 is 10.1 Å². The first-order valence-electron chi connectivity index (χ1n) is 5.91. The Morgan fingerprint density at radius 1 is 1.40 bits per heavy atom. The number of amides is 1. The van der Waals surface area contributed by atoms with Crippen molar-refractivity contribution in [3.05, 3.63) is 49.6 Å². The van der Waals surface area contributed by atoms with Crippen molar-refractivity contribution in [1.29, 1.82) is 0 Å². The molecule has 1 amide bonds. The van der Waals surface area contributed by atoms with Crippen molar-refractivity contribution in [3.8, 4) is 5.75 Å². The van der Waals surface area contributed by atoms with Crippen LogP contribution in [0.2, 0.25) is 4.34 Å². The van der Waals surface area contributed by atoms with E-state index in [-0.39, 0.29) is 11.9 Å². The van der Waals surface area contributed by atoms with Gasteiger partial charge in [0.1, 0.15) is 5.75 Å². The molecule has 1 N–H and O–H groups in total. The second kappa shape index (κ2) is 6.61. The average Bonchev–Trinajstić information content (AvgIpc) is 2.85. The minimum Gasteiger partial charge on any atom is -0.496 e. The molecule has 0 saturated carbocycles. The maximum absolute atomic E-state index is 12.1. The van der Waals surface area contributed by atoms with Crippen molar-refractivity contribution in [2.24, 2.45) is 0 Å². The fraction of sp³-hybridized carbons (Fsp3) is 0.214. The van der Waals surface area contributed by atoms with Gasteiger partial charge in [-0.15, -0.1) is 11.3 Å². The van der Waals surface area contributed by atoms with Crippen LogP contribution in [0.25, 0.3) is 0 Å². The van der Waals surface area contributed by atoms with Crippen LogP contribution in [0, 0.1) is 0 Å². The maximum atomic E-state index is 12.1. The van der Waals surface area contributed by atoms with Crippen LogP contribution < -0.4 is 10.1 Å². The number of carbonyl (C=O) groups is 1. The molecule has 0 radical (unpaired) electrons. The molecule has 0 fully saturated rings. The molecule has 2 rings (SSSR count). The molecule has 0 spiro atoms. The van der Waals surface area contributed by atoms with Crippen LogP contribution >= 0.6 is 38.9 Å². The Hall–Kier alpha value is -1.04. The first-order valence-corrected chi connectivity index (χ1v) is 7.89. The minimum atomic E-state index is -0.124. The summed E-state index contributed by atoms with van der Waals surface area (Å²) < 4.78 is 6.65. The molecule has 0 aliphatic carbocycles. The molecule has 0 unspecified atom stereocenters. The Kier molecular flexibility index (Phi) is 5.07. The highest BCUT2D eigenvalue weighted by molar-refractivity contribution is 9.10. The normalized spacial score (nSPS) is 12.0. The third kappa shape index (κ3) is 3.53. The number of halogens is 2. The Labute approximate surface area is 135 Å². The number of methoxy groups -OCH3 is 1. The molecule has 2 aromatic rings. The summed E-state index contributed by atoms with van der Waals surface area (Å²) in [6, 6.07) is 9.06. The van der Waals surface area contributed by atoms with Gasteiger partial charge in [-0.25, -0.2) is 0 Å². The second-order valence-corrected chi connectivity index (χ2v) is 6.76. The zero-order chi connectivity index (χ0) is 14.7. The molecule has 0 saturated heterocycles. The number of ether oxygens (including phenoxy) is 1. The van der Waals surface area contributed by atoms with Gasteiger partial charge in [0.05, 0.1) is 26.8 Å². The average molecular weight is 375 g/mol. The van der Waals surface area contributed by atoms with E-state index < -0.39 is 0 Å². The van der Waals surface area contributed by atoms with Crippen molar-refractivity contribution < 1.29 is 9.53 Å². The molecule has 1 aromatic heterocycles. The first kappa shape index (κ1) is 15.4. The molecule has 1 aromatic carbocycles. The highest BCUT2D eigenvalue weighted by Gasteiger charge is 2.14. The third-order valence-corrected chi connectivity index (χ3v) is 4.67. The van der Waals surface area contributed by atoms with Gasteiger partial charge >= 0.3 is 0 Å². The molecule has 3 nitrogen and oxygen atoms in total. The van der Waals surface area contributed by atoms with Crippen molar-refractivity contribution in [1.82, 2.24) is 5.32 Å². The van der Waals surface area contributed by atoms with Crippen molar-refractivity contribution in [2.45, 2.75) is 13.0 Å². The summed E-state index contributed by atoms with van der Waals surface area (Å²) in [6.07, 6.45) is 0. The van der Waals surface area contributed by atoms with E-state index in [0.717, 1.165) is 15.8 Å². The van der Waals surface area contributed by atoms with Crippen LogP contribution in [-0.4, -0.2) is 13.0 Å². The number of hydrogen-bond acceptors (Lipinski definition) is 3. The Balaban J connectivity index is 2.10. The molecule has 6 heteroatoms. The molecule has 20 heavy (non-hydrogen) atoms. The standard InChI is InChI=1S/C14H13BrClNO2S/c1-8(9-3-4-11(19-2)10(15)7-9)17-14(18)12-5-6-13(16)20-12/h3-8H,1-2H3,(H,17,18)/t8-/m0/s1. The largest absolute Gasteiger partial charge is 0.496 e. The van der Waals surface area contributed by atoms with Crippen LogP contribution in [0.3, 0.4) is 0 Å². The van der Waals surface area contributed by atoms with Crippen LogP contribution in [0.1, 0.15) is 28.2 Å². The fourth-order valence-electron chi connectivity index (χ4n) is 1.74. The van der Waals surface area contributed by atoms with Gasteiger partial charge in [-0.3, -0.25) is 4.79 Å². The predicted octanol–water partition coefficient (Wildman–Crippen LogP) is 4.66. The summed E-state index contributed by atoms with van der Waals surface area (Å²) in [5.74, 6) is 0.638. The monoisotopic (exact) mass is 373 g/mol. The zero-order valence-electron chi connectivity index (χ0n) is 10.9. The summed E-state index contributed by atoms with van der Waals surface area (Å²) in [5, 5.41) is 2.94. The van der Waals surface area contributed by atoms with E-state index in [0.29, 0.717) is 9.21 Å². The second-order valence-electron chi connectivity index (χ2n) is 4.19. The molecule has 1 heterocycles. The van der Waals surface area contributed by atoms with E-state index in [1.807, 2.05) is 25.1 Å². The molecule has 106 valence electrons. The van der Waals surface area contributed by atoms with E-state index >= 15 is 0 Å². The van der Waals surface area contributed by atoms with Gasteiger partial charge in [0.25, 0.3) is 5.91 Å². The van der Waals surface area contributed by atoms with Crippen LogP contribution in [0.5, 0.6) is 5.75 Å². The first-order chi connectivity index (χ1) is 9.51. The van der Waals surface area contributed by atoms with Gasteiger partial charge in [-0.05, 0) is 52.7 Å². The number of carbonyl (C=O) groups excluding carboxylic acids is 1. The van der Waals surface area contributed by atoms with Gasteiger partial charge in [0.15, 0.2) is 0 Å². The quantitative estimate of drug-likeness (QED) is 0.845. The van der Waals surface area contributed by atoms with Gasteiger partial charge in [-0.1, -0.05) is 17.7 Å². The smallest absolute Gasteiger partial charge is 0.261 e. The molecular formula is C14H13BrClNO2S. The number of rotatable bonds is 4. The Morgan fingerprint density at radius 2 is 2.15 bits per heavy atom. The lowest BCUT2D eigenvalue weighted by atomic mass is 10.1. The Bertz CT molecular complexity index is 629. The predicted molar refractivity (Wildman–Crippen MR) is 85.9 cm³/mol.